The van der Waals surface area contributed by atoms with Crippen molar-refractivity contribution in [2.24, 2.45) is 0 Å². The van der Waals surface area contributed by atoms with E-state index in [0.29, 0.717) is 17.2 Å². The quantitative estimate of drug-likeness (QED) is 0.825. The maximum Gasteiger partial charge on any atom is 0.264 e. The van der Waals surface area contributed by atoms with Gasteiger partial charge in [-0.15, -0.1) is 0 Å². The van der Waals surface area contributed by atoms with E-state index >= 15 is 0 Å². The first kappa shape index (κ1) is 17.2. The molecule has 2 heterocycles. The zero-order valence-electron chi connectivity index (χ0n) is 15.0. The molecule has 0 spiro atoms. The van der Waals surface area contributed by atoms with Gasteiger partial charge in [-0.05, 0) is 67.6 Å². The molecular weight excluding hydrogens is 348 g/mol. The molecule has 0 saturated carbocycles. The summed E-state index contributed by atoms with van der Waals surface area (Å²) in [5.74, 6) is 0.652. The van der Waals surface area contributed by atoms with Gasteiger partial charge in [0.15, 0.2) is 0 Å². The van der Waals surface area contributed by atoms with E-state index in [2.05, 4.69) is 23.1 Å². The van der Waals surface area contributed by atoms with Crippen molar-refractivity contribution in [3.05, 3.63) is 48.0 Å². The van der Waals surface area contributed by atoms with Crippen LogP contribution >= 0.6 is 0 Å². The van der Waals surface area contributed by atoms with Crippen LogP contribution in [0.3, 0.4) is 0 Å². The lowest BCUT2D eigenvalue weighted by atomic mass is 10.0. The molecule has 0 aromatic heterocycles. The van der Waals surface area contributed by atoms with Crippen LogP contribution in [0.4, 0.5) is 11.4 Å². The molecule has 0 N–H and O–H groups in total. The topological polar surface area (TPSA) is 49.9 Å². The number of aryl methyl sites for hydroxylation is 1. The highest BCUT2D eigenvalue weighted by Crippen LogP contribution is 2.36. The van der Waals surface area contributed by atoms with E-state index in [1.807, 2.05) is 0 Å². The standard InChI is InChI=1S/C20H24N2O3S/c1-25-18-8-10-19(11-9-18)26(23,24)22-14-4-5-16-6-7-17(15-20(16)22)21-12-2-3-13-21/h6-11,15H,2-5,12-14H2,1H3. The third-order valence-corrected chi connectivity index (χ3v) is 7.09. The molecular formula is C20H24N2O3S. The Labute approximate surface area is 155 Å². The molecule has 4 rings (SSSR count). The summed E-state index contributed by atoms with van der Waals surface area (Å²) in [5.41, 5.74) is 3.06. The Bertz CT molecular complexity index is 888. The molecule has 0 radical (unpaired) electrons. The van der Waals surface area contributed by atoms with Gasteiger partial charge in [-0.25, -0.2) is 8.42 Å². The first-order valence-electron chi connectivity index (χ1n) is 9.14. The number of hydrogen-bond acceptors (Lipinski definition) is 4. The number of benzene rings is 2. The molecule has 2 aromatic rings. The second kappa shape index (κ2) is 6.83. The first-order valence-corrected chi connectivity index (χ1v) is 10.6. The monoisotopic (exact) mass is 372 g/mol. The van der Waals surface area contributed by atoms with Crippen molar-refractivity contribution in [1.29, 1.82) is 0 Å². The Morgan fingerprint density at radius 3 is 2.35 bits per heavy atom. The van der Waals surface area contributed by atoms with Gasteiger partial charge in [0.25, 0.3) is 10.0 Å². The number of methoxy groups -OCH3 is 1. The van der Waals surface area contributed by atoms with E-state index in [-0.39, 0.29) is 0 Å². The summed E-state index contributed by atoms with van der Waals surface area (Å²) in [6.45, 7) is 2.61. The molecule has 0 amide bonds. The van der Waals surface area contributed by atoms with Crippen molar-refractivity contribution in [1.82, 2.24) is 0 Å². The lowest BCUT2D eigenvalue weighted by Gasteiger charge is -2.32. The number of ether oxygens (including phenoxy) is 1. The molecule has 0 bridgehead atoms. The van der Waals surface area contributed by atoms with Crippen LogP contribution in [-0.2, 0) is 16.4 Å². The number of rotatable bonds is 4. The zero-order chi connectivity index (χ0) is 18.1. The summed E-state index contributed by atoms with van der Waals surface area (Å²) in [4.78, 5) is 2.64. The number of fused-ring (bicyclic) bond motifs is 1. The van der Waals surface area contributed by atoms with Gasteiger partial charge in [-0.3, -0.25) is 4.31 Å². The van der Waals surface area contributed by atoms with E-state index < -0.39 is 10.0 Å². The van der Waals surface area contributed by atoms with Crippen LogP contribution in [0.5, 0.6) is 5.75 Å². The Balaban J connectivity index is 1.72. The molecule has 1 saturated heterocycles. The van der Waals surface area contributed by atoms with Crippen molar-refractivity contribution in [3.8, 4) is 5.75 Å². The average molecular weight is 372 g/mol. The summed E-state index contributed by atoms with van der Waals surface area (Å²) in [6, 6.07) is 12.9. The van der Waals surface area contributed by atoms with E-state index in [1.165, 1.54) is 12.8 Å². The summed E-state index contributed by atoms with van der Waals surface area (Å²) >= 11 is 0. The fourth-order valence-electron chi connectivity index (χ4n) is 3.83. The molecule has 2 aliphatic rings. The van der Waals surface area contributed by atoms with E-state index in [0.717, 1.165) is 42.9 Å². The minimum absolute atomic E-state index is 0.303. The summed E-state index contributed by atoms with van der Waals surface area (Å²) in [6.07, 6.45) is 4.16. The van der Waals surface area contributed by atoms with Crippen LogP contribution in [0.15, 0.2) is 47.4 Å². The smallest absolute Gasteiger partial charge is 0.264 e. The molecule has 5 nitrogen and oxygen atoms in total. The Hall–Kier alpha value is -2.21. The predicted octanol–water partition coefficient (Wildman–Crippen LogP) is 3.44. The van der Waals surface area contributed by atoms with Gasteiger partial charge < -0.3 is 9.64 Å². The highest BCUT2D eigenvalue weighted by Gasteiger charge is 2.30. The summed E-state index contributed by atoms with van der Waals surface area (Å²) < 4.78 is 33.2. The molecule has 26 heavy (non-hydrogen) atoms. The van der Waals surface area contributed by atoms with Gasteiger partial charge in [0.1, 0.15) is 5.75 Å². The lowest BCUT2D eigenvalue weighted by molar-refractivity contribution is 0.414. The van der Waals surface area contributed by atoms with Crippen molar-refractivity contribution in [2.75, 3.05) is 35.9 Å². The molecule has 0 aliphatic carbocycles. The van der Waals surface area contributed by atoms with Gasteiger partial charge in [-0.2, -0.15) is 0 Å². The second-order valence-corrected chi connectivity index (χ2v) is 8.73. The minimum Gasteiger partial charge on any atom is -0.497 e. The third-order valence-electron chi connectivity index (χ3n) is 5.26. The maximum absolute atomic E-state index is 13.3. The van der Waals surface area contributed by atoms with Gasteiger partial charge in [0.2, 0.25) is 0 Å². The van der Waals surface area contributed by atoms with Crippen LogP contribution in [0.25, 0.3) is 0 Å². The fourth-order valence-corrected chi connectivity index (χ4v) is 5.36. The average Bonchev–Trinajstić information content (AvgIpc) is 3.22. The molecule has 1 fully saturated rings. The Morgan fingerprint density at radius 2 is 1.65 bits per heavy atom. The normalized spacial score (nSPS) is 17.3. The van der Waals surface area contributed by atoms with Gasteiger partial charge in [0, 0.05) is 25.3 Å². The highest BCUT2D eigenvalue weighted by molar-refractivity contribution is 7.92. The molecule has 6 heteroatoms. The van der Waals surface area contributed by atoms with Gasteiger partial charge in [-0.1, -0.05) is 6.07 Å². The van der Waals surface area contributed by atoms with Crippen molar-refractivity contribution >= 4 is 21.4 Å². The Morgan fingerprint density at radius 1 is 0.923 bits per heavy atom. The van der Waals surface area contributed by atoms with Crippen LogP contribution in [0.2, 0.25) is 0 Å². The summed E-state index contributed by atoms with van der Waals surface area (Å²) in [7, 11) is -2.01. The van der Waals surface area contributed by atoms with Crippen molar-refractivity contribution < 1.29 is 13.2 Å². The molecule has 2 aliphatic heterocycles. The van der Waals surface area contributed by atoms with Crippen molar-refractivity contribution in [3.63, 3.8) is 0 Å². The van der Waals surface area contributed by atoms with E-state index in [9.17, 15) is 8.42 Å². The fraction of sp³-hybridized carbons (Fsp3) is 0.400. The second-order valence-electron chi connectivity index (χ2n) is 6.86. The van der Waals surface area contributed by atoms with Gasteiger partial charge in [0.05, 0.1) is 17.7 Å². The number of hydrogen-bond donors (Lipinski definition) is 0. The van der Waals surface area contributed by atoms with E-state index in [1.54, 1.807) is 35.7 Å². The van der Waals surface area contributed by atoms with Crippen LogP contribution in [0, 0.1) is 0 Å². The molecule has 0 unspecified atom stereocenters. The molecule has 0 atom stereocenters. The summed E-state index contributed by atoms with van der Waals surface area (Å²) in [5, 5.41) is 0. The Kier molecular flexibility index (Phi) is 4.53. The first-order chi connectivity index (χ1) is 12.6. The number of sulfonamides is 1. The number of nitrogens with zero attached hydrogens (tertiary/aromatic N) is 2. The van der Waals surface area contributed by atoms with Crippen LogP contribution < -0.4 is 13.9 Å². The van der Waals surface area contributed by atoms with Crippen molar-refractivity contribution in [2.45, 2.75) is 30.6 Å². The minimum atomic E-state index is -3.58. The van der Waals surface area contributed by atoms with E-state index in [4.69, 9.17) is 4.74 Å². The lowest BCUT2D eigenvalue weighted by Crippen LogP contribution is -2.35. The van der Waals surface area contributed by atoms with Crippen LogP contribution in [-0.4, -0.2) is 35.2 Å². The number of anilines is 2. The largest absolute Gasteiger partial charge is 0.497 e. The SMILES string of the molecule is COc1ccc(S(=O)(=O)N2CCCc3ccc(N4CCCC4)cc32)cc1. The highest BCUT2D eigenvalue weighted by atomic mass is 32.2. The molecule has 2 aromatic carbocycles. The van der Waals surface area contributed by atoms with Gasteiger partial charge >= 0.3 is 0 Å². The molecule has 138 valence electrons. The predicted molar refractivity (Wildman–Crippen MR) is 104 cm³/mol. The third kappa shape index (κ3) is 3.03. The maximum atomic E-state index is 13.3. The zero-order valence-corrected chi connectivity index (χ0v) is 15.8. The van der Waals surface area contributed by atoms with Crippen LogP contribution in [0.1, 0.15) is 24.8 Å².